The van der Waals surface area contributed by atoms with E-state index in [1.54, 1.807) is 12.1 Å². The first-order valence-electron chi connectivity index (χ1n) is 6.14. The van der Waals surface area contributed by atoms with Crippen LogP contribution in [-0.4, -0.2) is 26.0 Å². The van der Waals surface area contributed by atoms with Crippen molar-refractivity contribution >= 4 is 23.3 Å². The Morgan fingerprint density at radius 3 is 2.68 bits per heavy atom. The number of thiazole rings is 1. The first-order chi connectivity index (χ1) is 10.6. The molecule has 6 nitrogen and oxygen atoms in total. The Labute approximate surface area is 128 Å². The molecule has 2 heterocycles. The average Bonchev–Trinajstić information content (AvgIpc) is 2.93. The largest absolute Gasteiger partial charge is 0.477 e. The molecule has 0 aliphatic carbocycles. The number of carbonyl (C=O) groups is 1. The summed E-state index contributed by atoms with van der Waals surface area (Å²) in [6, 6.07) is 7.44. The Morgan fingerprint density at radius 2 is 2.00 bits per heavy atom. The maximum Gasteiger partial charge on any atom is 0.348 e. The summed E-state index contributed by atoms with van der Waals surface area (Å²) in [6.45, 7) is 0. The van der Waals surface area contributed by atoms with Gasteiger partial charge in [0, 0.05) is 11.8 Å². The van der Waals surface area contributed by atoms with Gasteiger partial charge in [0.1, 0.15) is 21.4 Å². The molecule has 8 heteroatoms. The number of aromatic nitrogens is 3. The summed E-state index contributed by atoms with van der Waals surface area (Å²) in [4.78, 5) is 23.3. The molecule has 0 aliphatic rings. The molecule has 2 aromatic heterocycles. The van der Waals surface area contributed by atoms with E-state index >= 15 is 0 Å². The fourth-order valence-electron chi connectivity index (χ4n) is 1.90. The molecule has 0 aliphatic heterocycles. The Hall–Kier alpha value is -2.87. The number of nitrogen functional groups attached to an aromatic ring is 1. The normalized spacial score (nSPS) is 10.6. The quantitative estimate of drug-likeness (QED) is 0.770. The number of hydrogen-bond acceptors (Lipinski definition) is 6. The molecule has 1 aromatic carbocycles. The standard InChI is InChI=1S/C14H9FN4O2S/c15-8-4-2-1-3-7(8)10-11(13(20)21)22-12(19-10)9-5-6-17-14(16)18-9/h1-6H,(H,20,21)(H2,16,17,18). The third-order valence-electron chi connectivity index (χ3n) is 2.84. The van der Waals surface area contributed by atoms with Crippen molar-refractivity contribution in [3.8, 4) is 22.0 Å². The monoisotopic (exact) mass is 316 g/mol. The van der Waals surface area contributed by atoms with Gasteiger partial charge in [0.25, 0.3) is 0 Å². The van der Waals surface area contributed by atoms with E-state index in [4.69, 9.17) is 5.73 Å². The minimum absolute atomic E-state index is 0.0528. The Morgan fingerprint density at radius 1 is 1.23 bits per heavy atom. The number of rotatable bonds is 3. The van der Waals surface area contributed by atoms with Crippen molar-refractivity contribution in [3.05, 3.63) is 47.2 Å². The second-order valence-electron chi connectivity index (χ2n) is 4.28. The van der Waals surface area contributed by atoms with Gasteiger partial charge in [-0.15, -0.1) is 11.3 Å². The lowest BCUT2D eigenvalue weighted by Gasteiger charge is -2.00. The summed E-state index contributed by atoms with van der Waals surface area (Å²) in [7, 11) is 0. The van der Waals surface area contributed by atoms with Crippen LogP contribution in [-0.2, 0) is 0 Å². The lowest BCUT2D eigenvalue weighted by molar-refractivity contribution is 0.0702. The molecule has 0 saturated heterocycles. The van der Waals surface area contributed by atoms with Crippen molar-refractivity contribution in [3.63, 3.8) is 0 Å². The molecule has 0 bridgehead atoms. The molecule has 22 heavy (non-hydrogen) atoms. The number of nitrogens with two attached hydrogens (primary N) is 1. The molecule has 0 fully saturated rings. The highest BCUT2D eigenvalue weighted by atomic mass is 32.1. The number of nitrogens with zero attached hydrogens (tertiary/aromatic N) is 3. The number of carboxylic acids is 1. The lowest BCUT2D eigenvalue weighted by Crippen LogP contribution is -1.96. The van der Waals surface area contributed by atoms with Gasteiger partial charge in [-0.2, -0.15) is 0 Å². The molecule has 0 atom stereocenters. The van der Waals surface area contributed by atoms with Gasteiger partial charge < -0.3 is 10.8 Å². The number of hydrogen-bond donors (Lipinski definition) is 2. The molecular weight excluding hydrogens is 307 g/mol. The Kier molecular flexibility index (Phi) is 3.51. The summed E-state index contributed by atoms with van der Waals surface area (Å²) < 4.78 is 13.9. The van der Waals surface area contributed by atoms with Crippen LogP contribution in [0.25, 0.3) is 22.0 Å². The topological polar surface area (TPSA) is 102 Å². The molecular formula is C14H9FN4O2S. The van der Waals surface area contributed by atoms with Crippen LogP contribution < -0.4 is 5.73 Å². The van der Waals surface area contributed by atoms with Gasteiger partial charge in [-0.05, 0) is 18.2 Å². The van der Waals surface area contributed by atoms with Gasteiger partial charge in [-0.1, -0.05) is 12.1 Å². The first-order valence-corrected chi connectivity index (χ1v) is 6.96. The minimum atomic E-state index is -1.18. The predicted octanol–water partition coefficient (Wildman–Crippen LogP) is 2.69. The van der Waals surface area contributed by atoms with Crippen LogP contribution in [0.4, 0.5) is 10.3 Å². The second-order valence-corrected chi connectivity index (χ2v) is 5.28. The third-order valence-corrected chi connectivity index (χ3v) is 3.91. The second kappa shape index (κ2) is 5.49. The molecule has 3 N–H and O–H groups in total. The SMILES string of the molecule is Nc1nccc(-c2nc(-c3ccccc3F)c(C(=O)O)s2)n1. The van der Waals surface area contributed by atoms with E-state index in [9.17, 15) is 14.3 Å². The van der Waals surface area contributed by atoms with Gasteiger partial charge in [0.2, 0.25) is 5.95 Å². The number of aromatic carboxylic acids is 1. The summed E-state index contributed by atoms with van der Waals surface area (Å²) in [5, 5.41) is 9.66. The van der Waals surface area contributed by atoms with Crippen molar-refractivity contribution < 1.29 is 14.3 Å². The van der Waals surface area contributed by atoms with E-state index in [2.05, 4.69) is 15.0 Å². The van der Waals surface area contributed by atoms with E-state index < -0.39 is 11.8 Å². The predicted molar refractivity (Wildman–Crippen MR) is 79.9 cm³/mol. The zero-order valence-corrected chi connectivity index (χ0v) is 11.8. The molecule has 0 unspecified atom stereocenters. The first kappa shape index (κ1) is 14.1. The van der Waals surface area contributed by atoms with E-state index in [-0.39, 0.29) is 22.1 Å². The summed E-state index contributed by atoms with van der Waals surface area (Å²) in [6.07, 6.45) is 1.45. The summed E-state index contributed by atoms with van der Waals surface area (Å²) in [5.41, 5.74) is 6.11. The van der Waals surface area contributed by atoms with Crippen molar-refractivity contribution in [1.82, 2.24) is 15.0 Å². The van der Waals surface area contributed by atoms with Gasteiger partial charge >= 0.3 is 5.97 Å². The summed E-state index contributed by atoms with van der Waals surface area (Å²) in [5.74, 6) is -1.66. The summed E-state index contributed by atoms with van der Waals surface area (Å²) >= 11 is 0.910. The molecule has 0 radical (unpaired) electrons. The zero-order chi connectivity index (χ0) is 15.7. The van der Waals surface area contributed by atoms with Crippen LogP contribution in [0.3, 0.4) is 0 Å². The number of anilines is 1. The number of halogens is 1. The van der Waals surface area contributed by atoms with Crippen LogP contribution in [0.5, 0.6) is 0 Å². The number of benzene rings is 1. The molecule has 3 rings (SSSR count). The minimum Gasteiger partial charge on any atom is -0.477 e. The highest BCUT2D eigenvalue weighted by molar-refractivity contribution is 7.17. The smallest absolute Gasteiger partial charge is 0.348 e. The van der Waals surface area contributed by atoms with Crippen LogP contribution in [0.2, 0.25) is 0 Å². The van der Waals surface area contributed by atoms with E-state index in [0.717, 1.165) is 11.3 Å². The van der Waals surface area contributed by atoms with Crippen LogP contribution in [0.1, 0.15) is 9.67 Å². The molecule has 3 aromatic rings. The van der Waals surface area contributed by atoms with Crippen LogP contribution in [0, 0.1) is 5.82 Å². The van der Waals surface area contributed by atoms with Crippen molar-refractivity contribution in [2.75, 3.05) is 5.73 Å². The van der Waals surface area contributed by atoms with Crippen LogP contribution in [0.15, 0.2) is 36.5 Å². The maximum atomic E-state index is 13.9. The zero-order valence-electron chi connectivity index (χ0n) is 11.0. The maximum absolute atomic E-state index is 13.9. The fourth-order valence-corrected chi connectivity index (χ4v) is 2.79. The Balaban J connectivity index is 2.19. The van der Waals surface area contributed by atoms with E-state index in [1.165, 1.54) is 24.4 Å². The molecule has 0 spiro atoms. The molecule has 110 valence electrons. The fraction of sp³-hybridized carbons (Fsp3) is 0. The van der Waals surface area contributed by atoms with E-state index in [0.29, 0.717) is 10.7 Å². The van der Waals surface area contributed by atoms with E-state index in [1.807, 2.05) is 0 Å². The van der Waals surface area contributed by atoms with Crippen molar-refractivity contribution in [2.24, 2.45) is 0 Å². The van der Waals surface area contributed by atoms with Gasteiger partial charge in [0.05, 0.1) is 5.69 Å². The number of carboxylic acid groups (broad SMARTS) is 1. The third kappa shape index (κ3) is 2.51. The van der Waals surface area contributed by atoms with Gasteiger partial charge in [-0.3, -0.25) is 0 Å². The highest BCUT2D eigenvalue weighted by Gasteiger charge is 2.22. The lowest BCUT2D eigenvalue weighted by atomic mass is 10.1. The van der Waals surface area contributed by atoms with Gasteiger partial charge in [0.15, 0.2) is 0 Å². The average molecular weight is 316 g/mol. The Bertz CT molecular complexity index is 866. The van der Waals surface area contributed by atoms with Gasteiger partial charge in [-0.25, -0.2) is 24.1 Å². The molecule has 0 saturated carbocycles. The highest BCUT2D eigenvalue weighted by Crippen LogP contribution is 2.34. The van der Waals surface area contributed by atoms with Crippen molar-refractivity contribution in [2.45, 2.75) is 0 Å². The molecule has 0 amide bonds. The van der Waals surface area contributed by atoms with Crippen LogP contribution >= 0.6 is 11.3 Å². The van der Waals surface area contributed by atoms with Crippen molar-refractivity contribution in [1.29, 1.82) is 0 Å².